The highest BCUT2D eigenvalue weighted by Crippen LogP contribution is 2.44. The van der Waals surface area contributed by atoms with Gasteiger partial charge in [-0.15, -0.1) is 0 Å². The summed E-state index contributed by atoms with van der Waals surface area (Å²) < 4.78 is 11.9. The van der Waals surface area contributed by atoms with Crippen LogP contribution in [0.2, 0.25) is 0 Å². The van der Waals surface area contributed by atoms with Crippen LogP contribution in [0.25, 0.3) is 6.08 Å². The minimum atomic E-state index is -0.210. The van der Waals surface area contributed by atoms with Crippen molar-refractivity contribution in [2.45, 2.75) is 32.3 Å². The molecule has 0 aromatic heterocycles. The van der Waals surface area contributed by atoms with Crippen molar-refractivity contribution >= 4 is 11.9 Å². The van der Waals surface area contributed by atoms with Gasteiger partial charge in [0, 0.05) is 11.1 Å². The molecule has 0 atom stereocenters. The number of ether oxygens (including phenoxy) is 2. The van der Waals surface area contributed by atoms with Crippen molar-refractivity contribution in [1.29, 1.82) is 0 Å². The molecule has 2 aliphatic rings. The Morgan fingerprint density at radius 2 is 1.96 bits per heavy atom. The summed E-state index contributed by atoms with van der Waals surface area (Å²) in [5.74, 6) is 1.55. The average Bonchev–Trinajstić information content (AvgIpc) is 2.85. The monoisotopic (exact) mass is 322 g/mol. The van der Waals surface area contributed by atoms with Crippen LogP contribution in [0.3, 0.4) is 0 Å². The number of rotatable bonds is 1. The molecular weight excluding hydrogens is 304 g/mol. The second-order valence-electron chi connectivity index (χ2n) is 6.78. The molecule has 0 bridgehead atoms. The van der Waals surface area contributed by atoms with E-state index in [1.54, 1.807) is 36.4 Å². The summed E-state index contributed by atoms with van der Waals surface area (Å²) in [4.78, 5) is 12.6. The maximum absolute atomic E-state index is 12.6. The standard InChI is InChI=1S/C20H18O4/c1-20(2)10-9-13-16(24-20)8-7-14-18(22)17(23-19(13)14)11-12-5-3-4-6-15(12)21/h3-8,11,21H,9-10H2,1-2H3/b17-11-. The SMILES string of the molecule is CC1(C)CCc2c(ccc3c2O/C(=C\c2ccccc2O)C3=O)O1. The highest BCUT2D eigenvalue weighted by atomic mass is 16.5. The molecule has 2 aromatic rings. The second-order valence-corrected chi connectivity index (χ2v) is 6.78. The Labute approximate surface area is 140 Å². The Balaban J connectivity index is 1.75. The van der Waals surface area contributed by atoms with E-state index in [1.807, 2.05) is 6.07 Å². The highest BCUT2D eigenvalue weighted by molar-refractivity contribution is 6.15. The molecule has 24 heavy (non-hydrogen) atoms. The first-order chi connectivity index (χ1) is 11.4. The van der Waals surface area contributed by atoms with Crippen LogP contribution in [0.15, 0.2) is 42.2 Å². The highest BCUT2D eigenvalue weighted by Gasteiger charge is 2.35. The maximum Gasteiger partial charge on any atom is 0.231 e. The number of fused-ring (bicyclic) bond motifs is 3. The number of ketones is 1. The zero-order valence-corrected chi connectivity index (χ0v) is 13.6. The van der Waals surface area contributed by atoms with Crippen molar-refractivity contribution in [2.24, 2.45) is 0 Å². The molecule has 0 radical (unpaired) electrons. The molecule has 122 valence electrons. The fraction of sp³-hybridized carbons (Fsp3) is 0.250. The van der Waals surface area contributed by atoms with E-state index in [2.05, 4.69) is 13.8 Å². The molecule has 0 unspecified atom stereocenters. The number of hydrogen-bond acceptors (Lipinski definition) is 4. The van der Waals surface area contributed by atoms with Gasteiger partial charge >= 0.3 is 0 Å². The van der Waals surface area contributed by atoms with Gasteiger partial charge < -0.3 is 14.6 Å². The van der Waals surface area contributed by atoms with Gasteiger partial charge in [0.05, 0.1) is 5.56 Å². The number of phenols is 1. The van der Waals surface area contributed by atoms with Gasteiger partial charge in [-0.3, -0.25) is 4.79 Å². The van der Waals surface area contributed by atoms with Crippen LogP contribution in [0.1, 0.15) is 41.8 Å². The van der Waals surface area contributed by atoms with Crippen LogP contribution < -0.4 is 9.47 Å². The van der Waals surface area contributed by atoms with Gasteiger partial charge in [-0.1, -0.05) is 18.2 Å². The lowest BCUT2D eigenvalue weighted by molar-refractivity contribution is 0.0838. The van der Waals surface area contributed by atoms with Crippen LogP contribution in [0, 0.1) is 0 Å². The number of para-hydroxylation sites is 1. The normalized spacial score (nSPS) is 19.4. The van der Waals surface area contributed by atoms with Gasteiger partial charge in [-0.25, -0.2) is 0 Å². The molecule has 1 N–H and O–H groups in total. The van der Waals surface area contributed by atoms with Gasteiger partial charge in [0.15, 0.2) is 5.76 Å². The Bertz CT molecular complexity index is 877. The minimum absolute atomic E-state index is 0.115. The molecule has 4 rings (SSSR count). The molecule has 2 heterocycles. The van der Waals surface area contributed by atoms with Gasteiger partial charge in [0.2, 0.25) is 5.78 Å². The summed E-state index contributed by atoms with van der Waals surface area (Å²) in [5, 5.41) is 9.89. The third-order valence-corrected chi connectivity index (χ3v) is 4.48. The predicted octanol–water partition coefficient (Wildman–Crippen LogP) is 4.11. The number of hydrogen-bond donors (Lipinski definition) is 1. The van der Waals surface area contributed by atoms with E-state index in [4.69, 9.17) is 9.47 Å². The quantitative estimate of drug-likeness (QED) is 0.803. The summed E-state index contributed by atoms with van der Waals surface area (Å²) in [7, 11) is 0. The Morgan fingerprint density at radius 3 is 2.75 bits per heavy atom. The van der Waals surface area contributed by atoms with E-state index in [0.29, 0.717) is 16.9 Å². The lowest BCUT2D eigenvalue weighted by atomic mass is 9.92. The fourth-order valence-electron chi connectivity index (χ4n) is 3.15. The van der Waals surface area contributed by atoms with Crippen LogP contribution in [0.4, 0.5) is 0 Å². The molecule has 4 heteroatoms. The lowest BCUT2D eigenvalue weighted by Gasteiger charge is -2.33. The third kappa shape index (κ3) is 2.35. The maximum atomic E-state index is 12.6. The number of aromatic hydroxyl groups is 1. The van der Waals surface area contributed by atoms with E-state index in [9.17, 15) is 9.90 Å². The van der Waals surface area contributed by atoms with Crippen LogP contribution in [-0.4, -0.2) is 16.5 Å². The summed E-state index contributed by atoms with van der Waals surface area (Å²) in [5.41, 5.74) is 1.85. The number of carbonyl (C=O) groups is 1. The van der Waals surface area contributed by atoms with Gasteiger partial charge in [0.25, 0.3) is 0 Å². The minimum Gasteiger partial charge on any atom is -0.507 e. The van der Waals surface area contributed by atoms with E-state index in [1.165, 1.54) is 0 Å². The van der Waals surface area contributed by atoms with Crippen molar-refractivity contribution in [3.8, 4) is 17.2 Å². The predicted molar refractivity (Wildman–Crippen MR) is 90.5 cm³/mol. The molecule has 4 nitrogen and oxygen atoms in total. The summed E-state index contributed by atoms with van der Waals surface area (Å²) in [6.07, 6.45) is 3.26. The summed E-state index contributed by atoms with van der Waals surface area (Å²) in [6.45, 7) is 4.11. The van der Waals surface area contributed by atoms with E-state index >= 15 is 0 Å². The average molecular weight is 322 g/mol. The number of carbonyl (C=O) groups excluding carboxylic acids is 1. The first-order valence-corrected chi connectivity index (χ1v) is 8.02. The van der Waals surface area contributed by atoms with Crippen molar-refractivity contribution in [3.05, 3.63) is 58.8 Å². The van der Waals surface area contributed by atoms with Crippen LogP contribution in [0.5, 0.6) is 17.2 Å². The third-order valence-electron chi connectivity index (χ3n) is 4.48. The van der Waals surface area contributed by atoms with Gasteiger partial charge in [-0.2, -0.15) is 0 Å². The Kier molecular flexibility index (Phi) is 3.17. The fourth-order valence-corrected chi connectivity index (χ4v) is 3.15. The van der Waals surface area contributed by atoms with Crippen molar-refractivity contribution in [3.63, 3.8) is 0 Å². The smallest absolute Gasteiger partial charge is 0.231 e. The van der Waals surface area contributed by atoms with Crippen molar-refractivity contribution in [2.75, 3.05) is 0 Å². The summed E-state index contributed by atoms with van der Waals surface area (Å²) in [6, 6.07) is 10.5. The lowest BCUT2D eigenvalue weighted by Crippen LogP contribution is -2.32. The largest absolute Gasteiger partial charge is 0.507 e. The first kappa shape index (κ1) is 14.8. The molecule has 0 aliphatic carbocycles. The number of Topliss-reactive ketones (excluding diaryl/α,β-unsaturated/α-hetero) is 1. The molecule has 0 saturated carbocycles. The number of allylic oxidation sites excluding steroid dienone is 1. The molecule has 0 amide bonds. The van der Waals surface area contributed by atoms with Gasteiger partial charge in [0.1, 0.15) is 22.8 Å². The van der Waals surface area contributed by atoms with Crippen LogP contribution in [-0.2, 0) is 6.42 Å². The first-order valence-electron chi connectivity index (χ1n) is 8.02. The number of phenolic OH excluding ortho intramolecular Hbond substituents is 1. The van der Waals surface area contributed by atoms with Gasteiger partial charge in [-0.05, 0) is 51.0 Å². The second kappa shape index (κ2) is 5.13. The molecule has 0 fully saturated rings. The number of benzene rings is 2. The van der Waals surface area contributed by atoms with Crippen molar-refractivity contribution in [1.82, 2.24) is 0 Å². The molecule has 2 aromatic carbocycles. The van der Waals surface area contributed by atoms with Crippen molar-refractivity contribution < 1.29 is 19.4 Å². The Morgan fingerprint density at radius 1 is 1.17 bits per heavy atom. The molecular formula is C20H18O4. The zero-order valence-electron chi connectivity index (χ0n) is 13.6. The van der Waals surface area contributed by atoms with E-state index < -0.39 is 0 Å². The molecule has 2 aliphatic heterocycles. The zero-order chi connectivity index (χ0) is 16.9. The van der Waals surface area contributed by atoms with E-state index in [-0.39, 0.29) is 22.9 Å². The Hall–Kier alpha value is -2.75. The summed E-state index contributed by atoms with van der Waals surface area (Å²) >= 11 is 0. The van der Waals surface area contributed by atoms with Crippen LogP contribution >= 0.6 is 0 Å². The molecule has 0 spiro atoms. The van der Waals surface area contributed by atoms with E-state index in [0.717, 1.165) is 24.2 Å². The molecule has 0 saturated heterocycles. The topological polar surface area (TPSA) is 55.8 Å².